The molecule has 0 saturated heterocycles. The number of rotatable bonds is 23. The largest absolute Gasteiger partial charge is 1.00 e. The number of fused-ring (bicyclic) bond motifs is 4. The Hall–Kier alpha value is -0.0136. The fourth-order valence-electron chi connectivity index (χ4n) is 6.47. The Kier molecular flexibility index (Phi) is 18.9. The van der Waals surface area contributed by atoms with Crippen molar-refractivity contribution in [3.05, 3.63) is 41.5 Å². The van der Waals surface area contributed by atoms with E-state index >= 15 is 0 Å². The van der Waals surface area contributed by atoms with E-state index in [4.69, 9.17) is 0 Å². The molecule has 0 fully saturated rings. The minimum Gasteiger partial charge on any atom is -0.744 e. The first-order valence-electron chi connectivity index (χ1n) is 16.7. The molecule has 5 heteroatoms. The normalized spacial score (nSPS) is 12.0. The van der Waals surface area contributed by atoms with Crippen LogP contribution < -0.4 is 51.4 Å². The first-order valence-corrected chi connectivity index (χ1v) is 18.1. The van der Waals surface area contributed by atoms with Gasteiger partial charge < -0.3 is 4.55 Å². The Bertz CT molecular complexity index is 1130. The summed E-state index contributed by atoms with van der Waals surface area (Å²) in [4.78, 5) is 0.0849. The summed E-state index contributed by atoms with van der Waals surface area (Å²) < 4.78 is 38.1. The molecule has 2 aromatic rings. The van der Waals surface area contributed by atoms with Gasteiger partial charge in [0.15, 0.2) is 0 Å². The molecule has 0 radical (unpaired) electrons. The third-order valence-electron chi connectivity index (χ3n) is 8.79. The van der Waals surface area contributed by atoms with Gasteiger partial charge in [0.25, 0.3) is 0 Å². The van der Waals surface area contributed by atoms with E-state index in [1.807, 2.05) is 24.3 Å². The van der Waals surface area contributed by atoms with Crippen molar-refractivity contribution >= 4 is 10.1 Å². The van der Waals surface area contributed by atoms with E-state index in [1.165, 1.54) is 109 Å². The second-order valence-electron chi connectivity index (χ2n) is 12.1. The average Bonchev–Trinajstić information content (AvgIpc) is 2.93. The fourth-order valence-corrected chi connectivity index (χ4v) is 7.48. The summed E-state index contributed by atoms with van der Waals surface area (Å²) in [6.45, 7) is 4.51. The van der Waals surface area contributed by atoms with Crippen molar-refractivity contribution in [1.29, 1.82) is 0 Å². The van der Waals surface area contributed by atoms with Crippen molar-refractivity contribution in [2.24, 2.45) is 0 Å². The van der Waals surface area contributed by atoms with Gasteiger partial charge in [0.2, 0.25) is 0 Å². The van der Waals surface area contributed by atoms with Gasteiger partial charge >= 0.3 is 51.4 Å². The molecule has 41 heavy (non-hydrogen) atoms. The Morgan fingerprint density at radius 1 is 0.561 bits per heavy atom. The van der Waals surface area contributed by atoms with Crippen molar-refractivity contribution in [3.8, 4) is 22.3 Å². The summed E-state index contributed by atoms with van der Waals surface area (Å²) >= 11 is 0. The zero-order valence-electron chi connectivity index (χ0n) is 26.6. The summed E-state index contributed by atoms with van der Waals surface area (Å²) in [5.41, 5.74) is 5.55. The van der Waals surface area contributed by atoms with Gasteiger partial charge in [0, 0.05) is 5.56 Å². The van der Waals surface area contributed by atoms with Gasteiger partial charge in [0.1, 0.15) is 10.1 Å². The van der Waals surface area contributed by atoms with E-state index in [-0.39, 0.29) is 56.3 Å². The summed E-state index contributed by atoms with van der Waals surface area (Å²) in [7, 11) is -4.57. The summed E-state index contributed by atoms with van der Waals surface area (Å²) in [6.07, 6.45) is 26.8. The van der Waals surface area contributed by atoms with E-state index in [1.54, 1.807) is 0 Å². The molecule has 3 nitrogen and oxygen atoms in total. The third-order valence-corrected chi connectivity index (χ3v) is 9.74. The Labute approximate surface area is 295 Å². The predicted octanol–water partition coefficient (Wildman–Crippen LogP) is 8.17. The van der Waals surface area contributed by atoms with Gasteiger partial charge in [-0.05, 0) is 53.5 Å². The Balaban J connectivity index is 0.00000588. The second-order valence-corrected chi connectivity index (χ2v) is 13.4. The standard InChI is InChI=1S/C36H56O3S.K/c1-3-5-7-9-11-13-15-17-19-21-25-30-29-34-32-27-23-24-28-33(32)35(34)36(40(37,38)39)31(30)26-22-20-18-16-14-12-10-8-6-4-2;/h23-24,27-29H,3-22,25-26H2,1-2H3,(H,37,38,39);/q;+1/p-1. The molecule has 1 aliphatic rings. The molecule has 0 N–H and O–H groups in total. The van der Waals surface area contributed by atoms with Crippen LogP contribution in [0.3, 0.4) is 0 Å². The van der Waals surface area contributed by atoms with Crippen LogP contribution in [-0.2, 0) is 23.0 Å². The molecular weight excluding hydrogens is 552 g/mol. The Morgan fingerprint density at radius 3 is 1.44 bits per heavy atom. The van der Waals surface area contributed by atoms with Crippen LogP contribution in [0, 0.1) is 0 Å². The van der Waals surface area contributed by atoms with Gasteiger partial charge in [-0.25, -0.2) is 8.42 Å². The monoisotopic (exact) mass is 606 g/mol. The minimum absolute atomic E-state index is 0. The van der Waals surface area contributed by atoms with Gasteiger partial charge in [-0.15, -0.1) is 0 Å². The van der Waals surface area contributed by atoms with Crippen molar-refractivity contribution in [1.82, 2.24) is 0 Å². The number of unbranched alkanes of at least 4 members (excludes halogenated alkanes) is 18. The zero-order valence-corrected chi connectivity index (χ0v) is 30.5. The summed E-state index contributed by atoms with van der Waals surface area (Å²) in [5, 5.41) is 0. The number of hydrogen-bond donors (Lipinski definition) is 0. The molecule has 0 bridgehead atoms. The smallest absolute Gasteiger partial charge is 0.744 e. The molecule has 0 aromatic heterocycles. The average molecular weight is 607 g/mol. The third kappa shape index (κ3) is 12.1. The summed E-state index contributed by atoms with van der Waals surface area (Å²) in [6, 6.07) is 10.1. The van der Waals surface area contributed by atoms with E-state index in [2.05, 4.69) is 19.9 Å². The Morgan fingerprint density at radius 2 is 0.976 bits per heavy atom. The van der Waals surface area contributed by atoms with Crippen molar-refractivity contribution in [3.63, 3.8) is 0 Å². The topological polar surface area (TPSA) is 57.2 Å². The molecule has 0 aliphatic heterocycles. The SMILES string of the molecule is CCCCCCCCCCCCc1cc2c(c(S(=O)(=O)[O-])c1CCCCCCCCCCCC)-c1ccccc1-2.[K+]. The van der Waals surface area contributed by atoms with Crippen molar-refractivity contribution in [2.45, 2.75) is 160 Å². The van der Waals surface area contributed by atoms with Crippen LogP contribution >= 0.6 is 0 Å². The molecule has 0 atom stereocenters. The van der Waals surface area contributed by atoms with Crippen LogP contribution in [0.1, 0.15) is 153 Å². The van der Waals surface area contributed by atoms with Crippen LogP contribution in [0.4, 0.5) is 0 Å². The molecule has 0 spiro atoms. The van der Waals surface area contributed by atoms with Gasteiger partial charge in [0.05, 0.1) is 4.90 Å². The zero-order chi connectivity index (χ0) is 28.6. The van der Waals surface area contributed by atoms with E-state index < -0.39 is 10.1 Å². The number of benzene rings is 2. The van der Waals surface area contributed by atoms with E-state index in [0.717, 1.165) is 53.5 Å². The van der Waals surface area contributed by atoms with E-state index in [0.29, 0.717) is 12.0 Å². The number of hydrogen-bond acceptors (Lipinski definition) is 3. The van der Waals surface area contributed by atoms with Crippen LogP contribution in [0.25, 0.3) is 22.3 Å². The maximum atomic E-state index is 12.7. The van der Waals surface area contributed by atoms with Crippen molar-refractivity contribution < 1.29 is 64.4 Å². The molecule has 3 rings (SSSR count). The number of aryl methyl sites for hydroxylation is 1. The molecule has 1 aliphatic carbocycles. The molecule has 2 aromatic carbocycles. The molecule has 0 unspecified atom stereocenters. The van der Waals surface area contributed by atoms with Crippen molar-refractivity contribution in [2.75, 3.05) is 0 Å². The maximum Gasteiger partial charge on any atom is 1.00 e. The molecule has 0 amide bonds. The molecular formula is C36H55KO3S. The van der Waals surface area contributed by atoms with E-state index in [9.17, 15) is 13.0 Å². The van der Waals surface area contributed by atoms with Gasteiger partial charge in [-0.2, -0.15) is 0 Å². The molecule has 0 saturated carbocycles. The van der Waals surface area contributed by atoms with Crippen LogP contribution in [0.5, 0.6) is 0 Å². The second kappa shape index (κ2) is 20.9. The predicted molar refractivity (Wildman–Crippen MR) is 170 cm³/mol. The quantitative estimate of drug-likeness (QED) is 0.0622. The molecule has 0 heterocycles. The van der Waals surface area contributed by atoms with Crippen LogP contribution in [0.15, 0.2) is 35.2 Å². The van der Waals surface area contributed by atoms with Crippen LogP contribution in [-0.4, -0.2) is 13.0 Å². The first kappa shape index (κ1) is 37.2. The first-order chi connectivity index (χ1) is 19.5. The van der Waals surface area contributed by atoms with Gasteiger partial charge in [-0.3, -0.25) is 0 Å². The van der Waals surface area contributed by atoms with Crippen LogP contribution in [0.2, 0.25) is 0 Å². The fraction of sp³-hybridized carbons (Fsp3) is 0.667. The van der Waals surface area contributed by atoms with Gasteiger partial charge in [-0.1, -0.05) is 160 Å². The maximum absolute atomic E-state index is 12.7. The molecule has 224 valence electrons. The minimum atomic E-state index is -4.57. The summed E-state index contributed by atoms with van der Waals surface area (Å²) in [5.74, 6) is 0.